The second-order valence-electron chi connectivity index (χ2n) is 16.5. The lowest BCUT2D eigenvalue weighted by Crippen LogP contribution is -2.29. The predicted molar refractivity (Wildman–Crippen MR) is 257 cm³/mol. The van der Waals surface area contributed by atoms with E-state index >= 15 is 0 Å². The number of phenols is 4. The van der Waals surface area contributed by atoms with Crippen LogP contribution >= 0.6 is 0 Å². The molecule has 0 fully saturated rings. The average molecular weight is 831 g/mol. The lowest BCUT2D eigenvalue weighted by atomic mass is 9.65. The Bertz CT molecular complexity index is 3390. The zero-order valence-electron chi connectivity index (χ0n) is 35.0. The number of hydrogen-bond donors (Lipinski definition) is 4. The van der Waals surface area contributed by atoms with Gasteiger partial charge in [0.15, 0.2) is 0 Å². The van der Waals surface area contributed by atoms with Gasteiger partial charge in [0.1, 0.15) is 34.5 Å². The van der Waals surface area contributed by atoms with Crippen molar-refractivity contribution in [3.8, 4) is 45.6 Å². The lowest BCUT2D eigenvalue weighted by Gasteiger charge is -2.36. The van der Waals surface area contributed by atoms with Crippen molar-refractivity contribution in [2.45, 2.75) is 17.8 Å². The molecular weight excluding hydrogens is 789 g/mol. The number of phenolic OH excluding ortho intramolecular Hbond substituents is 4. The zero-order chi connectivity index (χ0) is 43.7. The highest BCUT2D eigenvalue weighted by molar-refractivity contribution is 6.00. The fraction of sp³-hybridized carbons (Fsp3) is 0.0508. The molecule has 0 bridgehead atoms. The van der Waals surface area contributed by atoms with Gasteiger partial charge in [-0.2, -0.15) is 0 Å². The first-order valence-corrected chi connectivity index (χ1v) is 21.4. The van der Waals surface area contributed by atoms with E-state index in [9.17, 15) is 20.4 Å². The molecule has 0 saturated carbocycles. The maximum absolute atomic E-state index is 11.1. The number of rotatable bonds is 8. The second-order valence-corrected chi connectivity index (χ2v) is 16.5. The molecule has 0 saturated heterocycles. The number of benzene rings is 9. The number of aromatic hydroxyl groups is 4. The van der Waals surface area contributed by atoms with Gasteiger partial charge < -0.3 is 25.2 Å². The molecule has 1 unspecified atom stereocenters. The van der Waals surface area contributed by atoms with Gasteiger partial charge in [-0.1, -0.05) is 134 Å². The number of hydrogen-bond acceptors (Lipinski definition) is 5. The molecule has 0 amide bonds. The molecule has 0 spiro atoms. The fourth-order valence-corrected chi connectivity index (χ4v) is 10.9. The van der Waals surface area contributed by atoms with E-state index in [1.807, 2.05) is 61.5 Å². The van der Waals surface area contributed by atoms with Crippen LogP contribution in [0.3, 0.4) is 0 Å². The number of fused-ring (bicyclic) bond motifs is 6. The summed E-state index contributed by atoms with van der Waals surface area (Å²) in [5.74, 6) is 1.83. The highest BCUT2D eigenvalue weighted by atomic mass is 16.5. The molecule has 4 N–H and O–H groups in total. The molecule has 0 heterocycles. The van der Waals surface area contributed by atoms with Crippen LogP contribution in [0.2, 0.25) is 0 Å². The zero-order valence-corrected chi connectivity index (χ0v) is 35.0. The normalized spacial score (nSPS) is 16.0. The first-order chi connectivity index (χ1) is 31.3. The molecule has 0 aromatic heterocycles. The van der Waals surface area contributed by atoms with E-state index in [1.54, 1.807) is 48.5 Å². The number of allylic oxidation sites excluding steroid dienone is 5. The molecule has 64 heavy (non-hydrogen) atoms. The number of ether oxygens (including phenoxy) is 1. The van der Waals surface area contributed by atoms with Crippen molar-refractivity contribution in [1.29, 1.82) is 0 Å². The van der Waals surface area contributed by atoms with Crippen LogP contribution in [-0.2, 0) is 10.8 Å². The largest absolute Gasteiger partial charge is 0.508 e. The van der Waals surface area contributed by atoms with E-state index in [0.29, 0.717) is 22.3 Å². The molecule has 0 aliphatic heterocycles. The summed E-state index contributed by atoms with van der Waals surface area (Å²) < 4.78 is 6.64. The van der Waals surface area contributed by atoms with Gasteiger partial charge in [0.05, 0.1) is 10.8 Å². The third-order valence-corrected chi connectivity index (χ3v) is 13.4. The Morgan fingerprint density at radius 3 is 1.36 bits per heavy atom. The Hall–Kier alpha value is -8.28. The Balaban J connectivity index is 1.04. The SMILES string of the molecule is C=CC1=C(/C=C\C)C(c2ccc(Oc3ccc(C4(c5ccc(O)c6ccc(O)cc56)c5ccccc5-c5ccccc54)cc3)cc2)(c2ccc(O)c3ccc(O)cc23)c2ccccc21. The van der Waals surface area contributed by atoms with E-state index in [0.717, 1.165) is 77.6 Å². The average Bonchev–Trinajstić information content (AvgIpc) is 3.77. The van der Waals surface area contributed by atoms with Gasteiger partial charge in [0.25, 0.3) is 0 Å². The minimum absolute atomic E-state index is 0.110. The van der Waals surface area contributed by atoms with Crippen molar-refractivity contribution in [3.63, 3.8) is 0 Å². The molecule has 0 radical (unpaired) electrons. The van der Waals surface area contributed by atoms with E-state index < -0.39 is 10.8 Å². The summed E-state index contributed by atoms with van der Waals surface area (Å²) in [6.45, 7) is 6.27. The molecule has 9 aromatic rings. The third kappa shape index (κ3) is 5.44. The van der Waals surface area contributed by atoms with E-state index in [1.165, 1.54) is 0 Å². The van der Waals surface area contributed by atoms with Gasteiger partial charge in [0, 0.05) is 10.8 Å². The fourth-order valence-electron chi connectivity index (χ4n) is 10.9. The van der Waals surface area contributed by atoms with Gasteiger partial charge in [-0.25, -0.2) is 0 Å². The van der Waals surface area contributed by atoms with Crippen LogP contribution < -0.4 is 4.74 Å². The summed E-state index contributed by atoms with van der Waals surface area (Å²) in [7, 11) is 0. The molecular formula is C59H42O5. The summed E-state index contributed by atoms with van der Waals surface area (Å²) >= 11 is 0. The molecule has 5 heteroatoms. The molecule has 2 aliphatic carbocycles. The van der Waals surface area contributed by atoms with Crippen LogP contribution in [0.15, 0.2) is 212 Å². The van der Waals surface area contributed by atoms with Crippen LogP contribution in [0.5, 0.6) is 34.5 Å². The van der Waals surface area contributed by atoms with E-state index in [4.69, 9.17) is 4.74 Å². The smallest absolute Gasteiger partial charge is 0.127 e. The Morgan fingerprint density at radius 2 is 0.875 bits per heavy atom. The van der Waals surface area contributed by atoms with Crippen LogP contribution in [0.1, 0.15) is 51.4 Å². The van der Waals surface area contributed by atoms with Crippen LogP contribution in [0, 0.1) is 0 Å². The maximum Gasteiger partial charge on any atom is 0.127 e. The summed E-state index contributed by atoms with van der Waals surface area (Å²) in [6.07, 6.45) is 6.10. The summed E-state index contributed by atoms with van der Waals surface area (Å²) in [4.78, 5) is 0. The minimum atomic E-state index is -0.843. The van der Waals surface area contributed by atoms with Crippen molar-refractivity contribution in [2.75, 3.05) is 0 Å². The predicted octanol–water partition coefficient (Wildman–Crippen LogP) is 13.8. The van der Waals surface area contributed by atoms with Crippen molar-refractivity contribution in [3.05, 3.63) is 257 Å². The van der Waals surface area contributed by atoms with Crippen LogP contribution in [0.4, 0.5) is 0 Å². The first kappa shape index (κ1) is 38.6. The Morgan fingerprint density at radius 1 is 0.438 bits per heavy atom. The van der Waals surface area contributed by atoms with Crippen molar-refractivity contribution >= 4 is 27.1 Å². The quantitative estimate of drug-likeness (QED) is 0.122. The minimum Gasteiger partial charge on any atom is -0.508 e. The topological polar surface area (TPSA) is 90.2 Å². The third-order valence-electron chi connectivity index (χ3n) is 13.4. The van der Waals surface area contributed by atoms with Crippen molar-refractivity contribution in [1.82, 2.24) is 0 Å². The molecule has 11 rings (SSSR count). The molecule has 1 atom stereocenters. The second kappa shape index (κ2) is 14.7. The van der Waals surface area contributed by atoms with Crippen LogP contribution in [0.25, 0.3) is 38.2 Å². The van der Waals surface area contributed by atoms with Gasteiger partial charge in [0.2, 0.25) is 0 Å². The van der Waals surface area contributed by atoms with E-state index in [-0.39, 0.29) is 23.0 Å². The van der Waals surface area contributed by atoms with Gasteiger partial charge in [-0.15, -0.1) is 0 Å². The first-order valence-electron chi connectivity index (χ1n) is 21.4. The molecule has 308 valence electrons. The standard InChI is InChI=1S/C59H42O5/c1-3-11-50-42(4-2)43-12-5-8-15-51(43)58(50,54-30-32-56(62)46-28-22-38(60)34-48(46)54)36-18-24-40(25-19-36)64-41-26-20-37(21-27-41)59(55-31-33-57(63)47-29-23-39(61)35-49(47)55)52-16-9-6-13-44(52)45-14-7-10-17-53(45)59/h3-35,60-63H,2H2,1H3/b11-3-. The summed E-state index contributed by atoms with van der Waals surface area (Å²) in [5, 5.41) is 46.5. The highest BCUT2D eigenvalue weighted by Crippen LogP contribution is 2.59. The Labute approximate surface area is 371 Å². The monoisotopic (exact) mass is 830 g/mol. The molecule has 9 aromatic carbocycles. The summed E-state index contributed by atoms with van der Waals surface area (Å²) in [5.41, 5.74) is 10.9. The van der Waals surface area contributed by atoms with Gasteiger partial charge in [-0.05, 0) is 157 Å². The van der Waals surface area contributed by atoms with Gasteiger partial charge >= 0.3 is 0 Å². The maximum atomic E-state index is 11.1. The van der Waals surface area contributed by atoms with Crippen molar-refractivity contribution in [2.24, 2.45) is 0 Å². The molecule has 2 aliphatic rings. The highest BCUT2D eigenvalue weighted by Gasteiger charge is 2.48. The van der Waals surface area contributed by atoms with Crippen molar-refractivity contribution < 1.29 is 25.2 Å². The summed E-state index contributed by atoms with van der Waals surface area (Å²) in [6, 6.07) is 59.4. The Kier molecular flexibility index (Phi) is 8.86. The van der Waals surface area contributed by atoms with Crippen LogP contribution in [-0.4, -0.2) is 20.4 Å². The van der Waals surface area contributed by atoms with Gasteiger partial charge in [-0.3, -0.25) is 0 Å². The van der Waals surface area contributed by atoms with E-state index in [2.05, 4.69) is 104 Å². The lowest BCUT2D eigenvalue weighted by molar-refractivity contribution is 0.474. The molecule has 5 nitrogen and oxygen atoms in total.